The lowest BCUT2D eigenvalue weighted by Gasteiger charge is -2.41. The first-order chi connectivity index (χ1) is 36.4. The van der Waals surface area contributed by atoms with E-state index in [1.54, 1.807) is 50.5 Å². The number of anilines is 2. The average Bonchev–Trinajstić information content (AvgIpc) is 3.65. The molecular weight excluding hydrogens is 1010 g/mol. The second kappa shape index (κ2) is 22.9. The van der Waals surface area contributed by atoms with Crippen LogP contribution >= 0.6 is 23.2 Å². The van der Waals surface area contributed by atoms with Gasteiger partial charge in [0.25, 0.3) is 0 Å². The van der Waals surface area contributed by atoms with Crippen LogP contribution in [0.1, 0.15) is 110 Å². The van der Waals surface area contributed by atoms with Crippen molar-refractivity contribution in [3.8, 4) is 11.5 Å². The molecule has 10 rings (SSSR count). The van der Waals surface area contributed by atoms with Gasteiger partial charge in [0.05, 0.1) is 37.4 Å². The predicted molar refractivity (Wildman–Crippen MR) is 294 cm³/mol. The van der Waals surface area contributed by atoms with Crippen LogP contribution in [0.5, 0.6) is 11.5 Å². The summed E-state index contributed by atoms with van der Waals surface area (Å²) in [5.74, 6) is -2.42. The molecule has 0 aromatic heterocycles. The number of halogens is 2. The van der Waals surface area contributed by atoms with Gasteiger partial charge in [-0.2, -0.15) is 0 Å². The molecular formula is C60H70Cl2N4O10. The summed E-state index contributed by atoms with van der Waals surface area (Å²) in [6.45, 7) is 4.82. The number of aliphatic hydroxyl groups is 2. The largest absolute Gasteiger partial charge is 0.490 e. The van der Waals surface area contributed by atoms with Gasteiger partial charge in [0.1, 0.15) is 11.5 Å². The van der Waals surface area contributed by atoms with Crippen molar-refractivity contribution >= 4 is 58.3 Å². The molecule has 4 N–H and O–H groups in total. The smallest absolute Gasteiger partial charge is 0.340 e. The molecule has 6 aliphatic rings. The number of ether oxygens (including phenoxy) is 2. The number of carboxylic acid groups (broad SMARTS) is 2. The van der Waals surface area contributed by atoms with E-state index in [2.05, 4.69) is 58.4 Å². The van der Waals surface area contributed by atoms with E-state index in [1.165, 1.54) is 32.1 Å². The lowest BCUT2D eigenvalue weighted by Crippen LogP contribution is -2.46. The second-order valence-corrected chi connectivity index (χ2v) is 22.6. The third-order valence-electron chi connectivity index (χ3n) is 16.6. The maximum Gasteiger partial charge on any atom is 0.340 e. The van der Waals surface area contributed by atoms with E-state index in [9.17, 15) is 39.6 Å². The zero-order chi connectivity index (χ0) is 53.8. The fourth-order valence-corrected chi connectivity index (χ4v) is 12.6. The zero-order valence-corrected chi connectivity index (χ0v) is 45.1. The number of aliphatic carboxylic acids is 2. The van der Waals surface area contributed by atoms with Crippen molar-refractivity contribution in [1.29, 1.82) is 0 Å². The molecule has 14 nitrogen and oxygen atoms in total. The van der Waals surface area contributed by atoms with Gasteiger partial charge in [-0.1, -0.05) is 71.8 Å². The number of carbonyl (C=O) groups is 4. The van der Waals surface area contributed by atoms with Crippen LogP contribution in [0, 0.1) is 0 Å². The Kier molecular flexibility index (Phi) is 16.5. The maximum atomic E-state index is 12.9. The number of rotatable bonds is 2. The molecule has 2 amide bonds. The number of carbonyl (C=O) groups excluding carboxylic acids is 2. The Balaban J connectivity index is 0.000000186. The fourth-order valence-electron chi connectivity index (χ4n) is 12.2. The van der Waals surface area contributed by atoms with Crippen LogP contribution in [0.15, 0.2) is 97.1 Å². The Labute approximate surface area is 455 Å². The second-order valence-electron chi connectivity index (χ2n) is 21.8. The summed E-state index contributed by atoms with van der Waals surface area (Å²) in [5, 5.41) is 44.4. The SMILES string of the molecule is CN1CC/C=C\CCCN2C[C@@]3(CCCc4cc(Cl)ccc43)COc3ccc(cc32)[C@@](O)(C(=O)O)CC1=O.CN1CC/C=C\CCCN2C[C@@]3(CCCc4cc(Cl)ccc43)COc3ccc(cc32)[C@](O)(C(=O)O)CC1=O. The molecule has 0 saturated carbocycles. The highest BCUT2D eigenvalue weighted by atomic mass is 35.5. The molecule has 0 fully saturated rings. The first-order valence-electron chi connectivity index (χ1n) is 26.8. The van der Waals surface area contributed by atoms with Crippen LogP contribution < -0.4 is 19.3 Å². The monoisotopic (exact) mass is 1080 g/mol. The third kappa shape index (κ3) is 11.3. The molecule has 4 heterocycles. The van der Waals surface area contributed by atoms with Gasteiger partial charge in [0, 0.05) is 74.2 Å². The van der Waals surface area contributed by atoms with Gasteiger partial charge < -0.3 is 49.5 Å². The number of nitrogens with zero attached hydrogens (tertiary/aromatic N) is 4. The Bertz CT molecular complexity index is 2720. The molecule has 4 atom stereocenters. The number of hydrogen-bond acceptors (Lipinski definition) is 10. The van der Waals surface area contributed by atoms with Crippen molar-refractivity contribution in [1.82, 2.24) is 9.80 Å². The van der Waals surface area contributed by atoms with Crippen molar-refractivity contribution in [2.75, 3.05) is 76.4 Å². The summed E-state index contributed by atoms with van der Waals surface area (Å²) in [7, 11) is 3.27. The highest BCUT2D eigenvalue weighted by molar-refractivity contribution is 6.31. The Morgan fingerprint density at radius 3 is 1.36 bits per heavy atom. The Morgan fingerprint density at radius 1 is 0.539 bits per heavy atom. The van der Waals surface area contributed by atoms with Crippen molar-refractivity contribution in [2.24, 2.45) is 0 Å². The van der Waals surface area contributed by atoms with Gasteiger partial charge in [-0.15, -0.1) is 0 Å². The molecule has 4 aromatic rings. The van der Waals surface area contributed by atoms with Crippen LogP contribution in [-0.2, 0) is 54.1 Å². The third-order valence-corrected chi connectivity index (χ3v) is 17.1. The summed E-state index contributed by atoms with van der Waals surface area (Å²) in [6.07, 6.45) is 18.2. The van der Waals surface area contributed by atoms with Crippen LogP contribution in [0.4, 0.5) is 11.4 Å². The van der Waals surface area contributed by atoms with Crippen molar-refractivity contribution in [3.05, 3.63) is 141 Å². The van der Waals surface area contributed by atoms with Crippen LogP contribution in [0.3, 0.4) is 0 Å². The van der Waals surface area contributed by atoms with Crippen LogP contribution in [0.2, 0.25) is 10.0 Å². The molecule has 0 saturated heterocycles. The zero-order valence-electron chi connectivity index (χ0n) is 43.6. The van der Waals surface area contributed by atoms with Crippen molar-refractivity contribution < 1.29 is 49.1 Å². The van der Waals surface area contributed by atoms with Crippen molar-refractivity contribution in [3.63, 3.8) is 0 Å². The van der Waals surface area contributed by atoms with Crippen molar-refractivity contribution in [2.45, 2.75) is 112 Å². The van der Waals surface area contributed by atoms with E-state index in [0.29, 0.717) is 63.7 Å². The van der Waals surface area contributed by atoms with Gasteiger partial charge in [0.2, 0.25) is 11.8 Å². The van der Waals surface area contributed by atoms with Crippen LogP contribution in [0.25, 0.3) is 0 Å². The minimum atomic E-state index is -2.35. The summed E-state index contributed by atoms with van der Waals surface area (Å²) < 4.78 is 12.9. The number of amides is 2. The first kappa shape index (κ1) is 54.7. The maximum absolute atomic E-state index is 12.9. The molecule has 4 aliphatic heterocycles. The van der Waals surface area contributed by atoms with Gasteiger partial charge in [-0.25, -0.2) is 9.59 Å². The summed E-state index contributed by atoms with van der Waals surface area (Å²) >= 11 is 12.7. The molecule has 404 valence electrons. The van der Waals surface area contributed by atoms with E-state index in [0.717, 1.165) is 98.7 Å². The molecule has 0 unspecified atom stereocenters. The summed E-state index contributed by atoms with van der Waals surface area (Å²) in [6, 6.07) is 22.3. The topological polar surface area (TPSA) is 181 Å². The Hall–Kier alpha value is -6.06. The average molecular weight is 1080 g/mol. The lowest BCUT2D eigenvalue weighted by molar-refractivity contribution is -0.164. The number of benzene rings is 4. The van der Waals surface area contributed by atoms with E-state index >= 15 is 0 Å². The summed E-state index contributed by atoms with van der Waals surface area (Å²) in [4.78, 5) is 58.0. The molecule has 0 radical (unpaired) electrons. The fraction of sp³-hybridized carbons (Fsp3) is 0.467. The molecule has 4 aromatic carbocycles. The molecule has 4 bridgehead atoms. The molecule has 16 heteroatoms. The number of fused-ring (bicyclic) bond motifs is 6. The van der Waals surface area contributed by atoms with Gasteiger partial charge >= 0.3 is 11.9 Å². The highest BCUT2D eigenvalue weighted by Crippen LogP contribution is 2.48. The number of hydrogen-bond donors (Lipinski definition) is 4. The van der Waals surface area contributed by atoms with Gasteiger partial charge in [-0.05, 0) is 159 Å². The van der Waals surface area contributed by atoms with Gasteiger partial charge in [-0.3, -0.25) is 9.59 Å². The number of aryl methyl sites for hydroxylation is 2. The number of allylic oxidation sites excluding steroid dienone is 2. The van der Waals surface area contributed by atoms with Crippen LogP contribution in [-0.4, -0.2) is 121 Å². The normalized spacial score (nSPS) is 27.0. The van der Waals surface area contributed by atoms with E-state index in [4.69, 9.17) is 32.7 Å². The lowest BCUT2D eigenvalue weighted by atomic mass is 9.70. The molecule has 76 heavy (non-hydrogen) atoms. The highest BCUT2D eigenvalue weighted by Gasteiger charge is 2.47. The molecule has 2 spiro atoms. The minimum Gasteiger partial charge on any atom is -0.490 e. The van der Waals surface area contributed by atoms with E-state index in [1.807, 2.05) is 12.1 Å². The number of carboxylic acids is 2. The Morgan fingerprint density at radius 2 is 0.947 bits per heavy atom. The van der Waals surface area contributed by atoms with E-state index < -0.39 is 47.8 Å². The molecule has 2 aliphatic carbocycles. The standard InChI is InChI=1S/2C30H35ClN2O5/c2*1-32-14-5-3-2-4-6-15-33-19-29(13-7-8-21-16-23(31)10-11-24(21)29)20-38-26-12-9-22(17-25(26)33)30(37,28(35)36)18-27(32)34/h2*2-3,9-12,16-17,37H,4-8,13-15,18-20H2,1H3,(H,35,36)/b2*3-2-/t29-,30+;29-,30-/m00/s1. The quantitative estimate of drug-likeness (QED) is 0.140. The first-order valence-corrected chi connectivity index (χ1v) is 27.5. The van der Waals surface area contributed by atoms with Gasteiger partial charge in [0.15, 0.2) is 11.2 Å². The summed E-state index contributed by atoms with van der Waals surface area (Å²) in [5.41, 5.74) is 1.71. The predicted octanol–water partition coefficient (Wildman–Crippen LogP) is 9.35. The van der Waals surface area contributed by atoms with E-state index in [-0.39, 0.29) is 22.0 Å². The minimum absolute atomic E-state index is 0.180.